The van der Waals surface area contributed by atoms with E-state index < -0.39 is 5.97 Å². The van der Waals surface area contributed by atoms with E-state index >= 15 is 0 Å². The van der Waals surface area contributed by atoms with Crippen LogP contribution >= 0.6 is 22.9 Å². The number of ether oxygens (including phenoxy) is 1. The molecule has 106 valence electrons. The number of hydrogen-bond donors (Lipinski definition) is 1. The van der Waals surface area contributed by atoms with Crippen molar-refractivity contribution in [2.45, 2.75) is 6.61 Å². The van der Waals surface area contributed by atoms with Gasteiger partial charge < -0.3 is 9.84 Å². The minimum atomic E-state index is -0.913. The molecule has 1 aromatic heterocycles. The van der Waals surface area contributed by atoms with E-state index in [0.717, 1.165) is 21.4 Å². The smallest absolute Gasteiger partial charge is 0.335 e. The second-order valence-corrected chi connectivity index (χ2v) is 5.87. The quantitative estimate of drug-likeness (QED) is 0.749. The van der Waals surface area contributed by atoms with Crippen molar-refractivity contribution in [3.63, 3.8) is 0 Å². The lowest BCUT2D eigenvalue weighted by atomic mass is 10.1. The van der Waals surface area contributed by atoms with Gasteiger partial charge in [0, 0.05) is 15.3 Å². The molecule has 0 bridgehead atoms. The highest BCUT2D eigenvalue weighted by atomic mass is 35.5. The van der Waals surface area contributed by atoms with E-state index in [2.05, 4.69) is 0 Å². The van der Waals surface area contributed by atoms with Crippen molar-refractivity contribution in [3.8, 4) is 5.75 Å². The minimum Gasteiger partial charge on any atom is -0.489 e. The van der Waals surface area contributed by atoms with Crippen molar-refractivity contribution in [3.05, 3.63) is 64.0 Å². The van der Waals surface area contributed by atoms with Gasteiger partial charge in [-0.3, -0.25) is 0 Å². The van der Waals surface area contributed by atoms with E-state index in [-0.39, 0.29) is 0 Å². The van der Waals surface area contributed by atoms with Gasteiger partial charge in [-0.2, -0.15) is 0 Å². The van der Waals surface area contributed by atoms with Gasteiger partial charge in [-0.15, -0.1) is 11.3 Å². The van der Waals surface area contributed by atoms with E-state index in [9.17, 15) is 4.79 Å². The molecule has 0 radical (unpaired) electrons. The predicted molar refractivity (Wildman–Crippen MR) is 84.6 cm³/mol. The van der Waals surface area contributed by atoms with Crippen molar-refractivity contribution < 1.29 is 14.6 Å². The van der Waals surface area contributed by atoms with Crippen molar-refractivity contribution in [2.24, 2.45) is 0 Å². The fourth-order valence-corrected chi connectivity index (χ4v) is 3.13. The highest BCUT2D eigenvalue weighted by Gasteiger charge is 2.09. The lowest BCUT2D eigenvalue weighted by Crippen LogP contribution is -1.96. The van der Waals surface area contributed by atoms with Crippen LogP contribution in [-0.2, 0) is 6.61 Å². The first-order valence-corrected chi connectivity index (χ1v) is 7.51. The number of halogens is 1. The molecule has 3 nitrogen and oxygen atoms in total. The van der Waals surface area contributed by atoms with Gasteiger partial charge in [0.2, 0.25) is 0 Å². The Kier molecular flexibility index (Phi) is 3.82. The largest absolute Gasteiger partial charge is 0.489 e. The van der Waals surface area contributed by atoms with Crippen LogP contribution in [0.3, 0.4) is 0 Å². The monoisotopic (exact) mass is 318 g/mol. The molecule has 0 aliphatic carbocycles. The molecular formula is C16H11ClO3S. The summed E-state index contributed by atoms with van der Waals surface area (Å²) in [6.07, 6.45) is 0. The second kappa shape index (κ2) is 5.76. The molecule has 0 spiro atoms. The second-order valence-electron chi connectivity index (χ2n) is 4.52. The Morgan fingerprint density at radius 2 is 1.95 bits per heavy atom. The maximum absolute atomic E-state index is 11.0. The van der Waals surface area contributed by atoms with Crippen molar-refractivity contribution >= 4 is 39.0 Å². The molecule has 0 saturated heterocycles. The number of aromatic carboxylic acids is 1. The number of fused-ring (bicyclic) bond motifs is 1. The summed E-state index contributed by atoms with van der Waals surface area (Å²) in [6, 6.07) is 12.3. The molecular weight excluding hydrogens is 308 g/mol. The number of carboxylic acid groups (broad SMARTS) is 1. The van der Waals surface area contributed by atoms with Crippen LogP contribution in [0.25, 0.3) is 10.1 Å². The number of thiophene rings is 1. The van der Waals surface area contributed by atoms with Crippen LogP contribution in [-0.4, -0.2) is 11.1 Å². The van der Waals surface area contributed by atoms with Gasteiger partial charge in [-0.05, 0) is 47.2 Å². The molecule has 0 atom stereocenters. The summed E-state index contributed by atoms with van der Waals surface area (Å²) < 4.78 is 6.67. The fraction of sp³-hybridized carbons (Fsp3) is 0.0625. The Balaban J connectivity index is 1.81. The Morgan fingerprint density at radius 1 is 1.19 bits per heavy atom. The summed E-state index contributed by atoms with van der Waals surface area (Å²) in [7, 11) is 0. The Morgan fingerprint density at radius 3 is 2.67 bits per heavy atom. The third kappa shape index (κ3) is 3.01. The summed E-state index contributed by atoms with van der Waals surface area (Å²) in [5.41, 5.74) is 1.34. The number of benzene rings is 2. The van der Waals surface area contributed by atoms with E-state index in [1.54, 1.807) is 24.3 Å². The number of hydrogen-bond acceptors (Lipinski definition) is 3. The van der Waals surface area contributed by atoms with Gasteiger partial charge >= 0.3 is 5.97 Å². The van der Waals surface area contributed by atoms with E-state index in [1.165, 1.54) is 11.3 Å². The molecule has 1 N–H and O–H groups in total. The van der Waals surface area contributed by atoms with Crippen LogP contribution in [0.1, 0.15) is 15.9 Å². The molecule has 0 unspecified atom stereocenters. The van der Waals surface area contributed by atoms with Gasteiger partial charge in [0.15, 0.2) is 0 Å². The first-order chi connectivity index (χ1) is 10.1. The molecule has 0 fully saturated rings. The minimum absolute atomic E-state index is 0.300. The van der Waals surface area contributed by atoms with Crippen molar-refractivity contribution in [1.82, 2.24) is 0 Å². The zero-order valence-electron chi connectivity index (χ0n) is 10.9. The lowest BCUT2D eigenvalue weighted by Gasteiger charge is -2.05. The number of carboxylic acids is 1. The Bertz CT molecular complexity index is 793. The highest BCUT2D eigenvalue weighted by molar-refractivity contribution is 7.17. The third-order valence-corrected chi connectivity index (χ3v) is 4.36. The summed E-state index contributed by atoms with van der Waals surface area (Å²) in [5, 5.41) is 12.7. The van der Waals surface area contributed by atoms with Gasteiger partial charge in [0.05, 0.1) is 5.56 Å². The summed E-state index contributed by atoms with van der Waals surface area (Å²) in [4.78, 5) is 11.0. The van der Waals surface area contributed by atoms with Gasteiger partial charge in [0.1, 0.15) is 12.4 Å². The topological polar surface area (TPSA) is 46.5 Å². The fourth-order valence-electron chi connectivity index (χ4n) is 2.02. The van der Waals surface area contributed by atoms with Crippen LogP contribution in [0, 0.1) is 0 Å². The molecule has 21 heavy (non-hydrogen) atoms. The van der Waals surface area contributed by atoms with Crippen LogP contribution in [0.4, 0.5) is 0 Å². The SMILES string of the molecule is O=C(O)c1ccc2c(COc3ccc(Cl)cc3)csc2c1. The maximum atomic E-state index is 11.0. The molecule has 0 saturated carbocycles. The first-order valence-electron chi connectivity index (χ1n) is 6.25. The molecule has 3 aromatic rings. The standard InChI is InChI=1S/C16H11ClO3S/c17-12-2-4-13(5-3-12)20-8-11-9-21-15-7-10(16(18)19)1-6-14(11)15/h1-7,9H,8H2,(H,18,19). The van der Waals surface area contributed by atoms with Crippen LogP contribution in [0.2, 0.25) is 5.02 Å². The molecule has 1 heterocycles. The van der Waals surface area contributed by atoms with Crippen molar-refractivity contribution in [1.29, 1.82) is 0 Å². The highest BCUT2D eigenvalue weighted by Crippen LogP contribution is 2.28. The predicted octanol–water partition coefficient (Wildman–Crippen LogP) is 4.83. The Labute approximate surface area is 130 Å². The zero-order valence-corrected chi connectivity index (χ0v) is 12.4. The van der Waals surface area contributed by atoms with Gasteiger partial charge in [-0.25, -0.2) is 4.79 Å². The summed E-state index contributed by atoms with van der Waals surface area (Å²) in [6.45, 7) is 0.439. The van der Waals surface area contributed by atoms with Crippen LogP contribution in [0.5, 0.6) is 5.75 Å². The molecule has 2 aromatic carbocycles. The molecule has 3 rings (SSSR count). The maximum Gasteiger partial charge on any atom is 0.335 e. The summed E-state index contributed by atoms with van der Waals surface area (Å²) in [5.74, 6) is -0.162. The van der Waals surface area contributed by atoms with E-state index in [4.69, 9.17) is 21.4 Å². The Hall–Kier alpha value is -2.04. The molecule has 5 heteroatoms. The molecule has 0 aliphatic heterocycles. The van der Waals surface area contributed by atoms with Crippen LogP contribution < -0.4 is 4.74 Å². The first kappa shape index (κ1) is 13.9. The number of carbonyl (C=O) groups is 1. The summed E-state index contributed by atoms with van der Waals surface area (Å²) >= 11 is 7.35. The van der Waals surface area contributed by atoms with Crippen molar-refractivity contribution in [2.75, 3.05) is 0 Å². The van der Waals surface area contributed by atoms with Crippen LogP contribution in [0.15, 0.2) is 47.8 Å². The van der Waals surface area contributed by atoms with E-state index in [0.29, 0.717) is 17.2 Å². The van der Waals surface area contributed by atoms with Gasteiger partial charge in [0.25, 0.3) is 0 Å². The molecule has 0 aliphatic rings. The molecule has 0 amide bonds. The lowest BCUT2D eigenvalue weighted by molar-refractivity contribution is 0.0697. The van der Waals surface area contributed by atoms with E-state index in [1.807, 2.05) is 23.6 Å². The number of rotatable bonds is 4. The zero-order chi connectivity index (χ0) is 14.8. The average Bonchev–Trinajstić information content (AvgIpc) is 2.89. The average molecular weight is 319 g/mol. The third-order valence-electron chi connectivity index (χ3n) is 3.11. The van der Waals surface area contributed by atoms with Gasteiger partial charge in [-0.1, -0.05) is 17.7 Å². The normalized spacial score (nSPS) is 10.7.